The average Bonchev–Trinajstić information content (AvgIpc) is 3.36. The maximum absolute atomic E-state index is 12.4. The molecular formula is C21H19N3OS2. The molecule has 6 heteroatoms. The number of hydrogen-bond acceptors (Lipinski definition) is 4. The Kier molecular flexibility index (Phi) is 5.27. The van der Waals surface area contributed by atoms with E-state index < -0.39 is 0 Å². The van der Waals surface area contributed by atoms with E-state index in [4.69, 9.17) is 0 Å². The quantitative estimate of drug-likeness (QED) is 0.431. The summed E-state index contributed by atoms with van der Waals surface area (Å²) in [5, 5.41) is 5.97. The Hall–Kier alpha value is -2.57. The van der Waals surface area contributed by atoms with Gasteiger partial charge in [0.25, 0.3) is 5.91 Å². The number of imidazole rings is 1. The molecule has 0 saturated heterocycles. The summed E-state index contributed by atoms with van der Waals surface area (Å²) < 4.78 is 0. The lowest BCUT2D eigenvalue weighted by Gasteiger charge is -2.12. The minimum Gasteiger partial charge on any atom is -0.345 e. The van der Waals surface area contributed by atoms with E-state index in [0.29, 0.717) is 5.56 Å². The average molecular weight is 394 g/mol. The van der Waals surface area contributed by atoms with Gasteiger partial charge in [-0.3, -0.25) is 4.79 Å². The number of para-hydroxylation sites is 2. The van der Waals surface area contributed by atoms with Crippen LogP contribution in [0.15, 0.2) is 71.2 Å². The molecule has 4 rings (SSSR count). The molecule has 0 aliphatic carbocycles. The number of carbonyl (C=O) groups excluding carboxylic acids is 1. The maximum Gasteiger partial charge on any atom is 0.251 e. The molecule has 0 fully saturated rings. The Morgan fingerprint density at radius 2 is 1.96 bits per heavy atom. The number of H-pyrrole nitrogens is 1. The van der Waals surface area contributed by atoms with Crippen LogP contribution in [-0.2, 0) is 5.75 Å². The topological polar surface area (TPSA) is 57.8 Å². The first-order valence-corrected chi connectivity index (χ1v) is 10.6. The molecule has 0 bridgehead atoms. The van der Waals surface area contributed by atoms with Crippen molar-refractivity contribution in [3.05, 3.63) is 82.0 Å². The van der Waals surface area contributed by atoms with E-state index in [1.54, 1.807) is 23.1 Å². The number of aromatic nitrogens is 2. The first-order chi connectivity index (χ1) is 13.2. The highest BCUT2D eigenvalue weighted by Crippen LogP contribution is 2.23. The minimum atomic E-state index is -0.0487. The van der Waals surface area contributed by atoms with Crippen LogP contribution in [0.4, 0.5) is 0 Å². The highest BCUT2D eigenvalue weighted by molar-refractivity contribution is 7.98. The van der Waals surface area contributed by atoms with Crippen molar-refractivity contribution < 1.29 is 4.79 Å². The van der Waals surface area contributed by atoms with Crippen molar-refractivity contribution in [2.24, 2.45) is 0 Å². The zero-order valence-corrected chi connectivity index (χ0v) is 16.4. The van der Waals surface area contributed by atoms with Crippen molar-refractivity contribution in [2.45, 2.75) is 23.9 Å². The van der Waals surface area contributed by atoms with Gasteiger partial charge in [-0.1, -0.05) is 42.1 Å². The number of carbonyl (C=O) groups is 1. The van der Waals surface area contributed by atoms with E-state index in [9.17, 15) is 4.79 Å². The number of nitrogens with one attached hydrogen (secondary N) is 2. The molecule has 2 aromatic carbocycles. The summed E-state index contributed by atoms with van der Waals surface area (Å²) in [6.45, 7) is 2.00. The SMILES string of the molecule is CC(NC(=O)c1ccc(CSc2nc3ccccc3[nH]2)cc1)c1cccs1. The number of nitrogens with zero attached hydrogens (tertiary/aromatic N) is 1. The van der Waals surface area contributed by atoms with E-state index in [2.05, 4.69) is 15.3 Å². The van der Waals surface area contributed by atoms with Gasteiger partial charge in [-0.15, -0.1) is 11.3 Å². The fraction of sp³-hybridized carbons (Fsp3) is 0.143. The Labute approximate surface area is 166 Å². The minimum absolute atomic E-state index is 0.0146. The Morgan fingerprint density at radius 3 is 2.70 bits per heavy atom. The largest absolute Gasteiger partial charge is 0.345 e. The van der Waals surface area contributed by atoms with Gasteiger partial charge in [0.2, 0.25) is 0 Å². The van der Waals surface area contributed by atoms with Crippen molar-refractivity contribution in [3.8, 4) is 0 Å². The third-order valence-electron chi connectivity index (χ3n) is 4.28. The van der Waals surface area contributed by atoms with Crippen LogP contribution in [0.2, 0.25) is 0 Å². The number of fused-ring (bicyclic) bond motifs is 1. The highest BCUT2D eigenvalue weighted by Gasteiger charge is 2.12. The fourth-order valence-electron chi connectivity index (χ4n) is 2.79. The first kappa shape index (κ1) is 17.8. The molecule has 0 aliphatic heterocycles. The molecule has 4 nitrogen and oxygen atoms in total. The predicted octanol–water partition coefficient (Wildman–Crippen LogP) is 5.41. The molecular weight excluding hydrogens is 374 g/mol. The number of benzene rings is 2. The molecule has 0 radical (unpaired) electrons. The third-order valence-corrected chi connectivity index (χ3v) is 6.28. The van der Waals surface area contributed by atoms with Gasteiger partial charge in [-0.2, -0.15) is 0 Å². The fourth-order valence-corrected chi connectivity index (χ4v) is 4.37. The second kappa shape index (κ2) is 7.98. The van der Waals surface area contributed by atoms with Crippen LogP contribution in [0.3, 0.4) is 0 Å². The van der Waals surface area contributed by atoms with Crippen LogP contribution in [0.25, 0.3) is 11.0 Å². The summed E-state index contributed by atoms with van der Waals surface area (Å²) >= 11 is 3.31. The molecule has 2 heterocycles. The second-order valence-electron chi connectivity index (χ2n) is 6.26. The van der Waals surface area contributed by atoms with Crippen molar-refractivity contribution in [1.82, 2.24) is 15.3 Å². The van der Waals surface area contributed by atoms with Gasteiger partial charge in [0.15, 0.2) is 5.16 Å². The van der Waals surface area contributed by atoms with E-state index in [-0.39, 0.29) is 11.9 Å². The van der Waals surface area contributed by atoms with Gasteiger partial charge in [0.05, 0.1) is 17.1 Å². The molecule has 0 spiro atoms. The van der Waals surface area contributed by atoms with Gasteiger partial charge in [0.1, 0.15) is 0 Å². The first-order valence-electron chi connectivity index (χ1n) is 8.70. The van der Waals surface area contributed by atoms with E-state index in [0.717, 1.165) is 32.4 Å². The second-order valence-corrected chi connectivity index (χ2v) is 8.20. The van der Waals surface area contributed by atoms with Gasteiger partial charge in [-0.05, 0) is 48.2 Å². The van der Waals surface area contributed by atoms with Gasteiger partial charge in [0, 0.05) is 16.2 Å². The number of hydrogen-bond donors (Lipinski definition) is 2. The molecule has 27 heavy (non-hydrogen) atoms. The molecule has 136 valence electrons. The Bertz CT molecular complexity index is 1010. The summed E-state index contributed by atoms with van der Waals surface area (Å²) in [6, 6.07) is 19.8. The lowest BCUT2D eigenvalue weighted by atomic mass is 10.1. The molecule has 1 unspecified atom stereocenters. The van der Waals surface area contributed by atoms with Gasteiger partial charge >= 0.3 is 0 Å². The molecule has 1 amide bonds. The maximum atomic E-state index is 12.4. The van der Waals surface area contributed by atoms with Crippen LogP contribution in [0.1, 0.15) is 33.8 Å². The predicted molar refractivity (Wildman–Crippen MR) is 112 cm³/mol. The molecule has 4 aromatic rings. The van der Waals surface area contributed by atoms with Crippen LogP contribution < -0.4 is 5.32 Å². The number of thioether (sulfide) groups is 1. The lowest BCUT2D eigenvalue weighted by molar-refractivity contribution is 0.0940. The van der Waals surface area contributed by atoms with Crippen molar-refractivity contribution in [1.29, 1.82) is 0 Å². The summed E-state index contributed by atoms with van der Waals surface area (Å²) in [5.41, 5.74) is 3.86. The summed E-state index contributed by atoms with van der Waals surface area (Å²) in [5.74, 6) is 0.750. The summed E-state index contributed by atoms with van der Waals surface area (Å²) in [6.07, 6.45) is 0. The standard InChI is InChI=1S/C21H19N3OS2/c1-14(19-7-4-12-26-19)22-20(25)16-10-8-15(9-11-16)13-27-21-23-17-5-2-3-6-18(17)24-21/h2-12,14H,13H2,1H3,(H,22,25)(H,23,24). The monoisotopic (exact) mass is 393 g/mol. The van der Waals surface area contributed by atoms with E-state index in [1.807, 2.05) is 73.0 Å². The highest BCUT2D eigenvalue weighted by atomic mass is 32.2. The zero-order valence-electron chi connectivity index (χ0n) is 14.8. The zero-order chi connectivity index (χ0) is 18.6. The third kappa shape index (κ3) is 4.23. The number of aromatic amines is 1. The molecule has 1 atom stereocenters. The van der Waals surface area contributed by atoms with E-state index >= 15 is 0 Å². The lowest BCUT2D eigenvalue weighted by Crippen LogP contribution is -2.26. The summed E-state index contributed by atoms with van der Waals surface area (Å²) in [7, 11) is 0. The molecule has 2 aromatic heterocycles. The summed E-state index contributed by atoms with van der Waals surface area (Å²) in [4.78, 5) is 21.5. The van der Waals surface area contributed by atoms with Crippen molar-refractivity contribution >= 4 is 40.0 Å². The number of thiophene rings is 1. The van der Waals surface area contributed by atoms with Crippen LogP contribution >= 0.6 is 23.1 Å². The number of amides is 1. The Balaban J connectivity index is 1.36. The number of rotatable bonds is 6. The normalized spacial score (nSPS) is 12.2. The van der Waals surface area contributed by atoms with Gasteiger partial charge in [-0.25, -0.2) is 4.98 Å². The van der Waals surface area contributed by atoms with Crippen molar-refractivity contribution in [2.75, 3.05) is 0 Å². The Morgan fingerprint density at radius 1 is 1.15 bits per heavy atom. The molecule has 2 N–H and O–H groups in total. The van der Waals surface area contributed by atoms with Crippen molar-refractivity contribution in [3.63, 3.8) is 0 Å². The van der Waals surface area contributed by atoms with Crippen LogP contribution in [-0.4, -0.2) is 15.9 Å². The molecule has 0 aliphatic rings. The van der Waals surface area contributed by atoms with Crippen LogP contribution in [0.5, 0.6) is 0 Å². The smallest absolute Gasteiger partial charge is 0.251 e. The molecule has 0 saturated carbocycles. The van der Waals surface area contributed by atoms with E-state index in [1.165, 1.54) is 0 Å². The van der Waals surface area contributed by atoms with Crippen LogP contribution in [0, 0.1) is 0 Å². The van der Waals surface area contributed by atoms with Gasteiger partial charge < -0.3 is 10.3 Å².